The number of ether oxygens (including phenoxy) is 2. The molecule has 2 rings (SSSR count). The average molecular weight is 281 g/mol. The van der Waals surface area contributed by atoms with E-state index < -0.39 is 24.4 Å². The summed E-state index contributed by atoms with van der Waals surface area (Å²) in [5, 5.41) is 21.2. The second-order valence-corrected chi connectivity index (χ2v) is 5.18. The van der Waals surface area contributed by atoms with E-state index >= 15 is 0 Å². The Kier molecular flexibility index (Phi) is 4.15. The van der Waals surface area contributed by atoms with Gasteiger partial charge in [-0.25, -0.2) is 0 Å². The zero-order valence-electron chi connectivity index (χ0n) is 11.5. The molecule has 0 radical (unpaired) electrons. The van der Waals surface area contributed by atoms with Crippen LogP contribution < -0.4 is 14.8 Å². The second-order valence-electron chi connectivity index (χ2n) is 5.18. The molecule has 1 aromatic carbocycles. The van der Waals surface area contributed by atoms with Gasteiger partial charge in [0.05, 0.1) is 6.61 Å². The molecule has 0 aliphatic carbocycles. The number of aliphatic hydroxyl groups is 2. The standard InChI is InChI=1S/C14H19NO5/c1-9-12(13(17)15-7-14(2,18)8-16)20-11-6-4-3-5-10(11)19-9/h3-6,9,12,16,18H,7-8H2,1-2H3,(H,15,17). The Balaban J connectivity index is 2.01. The third kappa shape index (κ3) is 3.20. The fourth-order valence-corrected chi connectivity index (χ4v) is 1.84. The van der Waals surface area contributed by atoms with Gasteiger partial charge in [-0.15, -0.1) is 0 Å². The molecule has 0 aromatic heterocycles. The van der Waals surface area contributed by atoms with Crippen LogP contribution in [0.4, 0.5) is 0 Å². The van der Waals surface area contributed by atoms with Crippen molar-refractivity contribution in [2.75, 3.05) is 13.2 Å². The number of para-hydroxylation sites is 2. The predicted molar refractivity (Wildman–Crippen MR) is 71.7 cm³/mol. The van der Waals surface area contributed by atoms with Crippen molar-refractivity contribution >= 4 is 5.91 Å². The van der Waals surface area contributed by atoms with Crippen molar-refractivity contribution in [1.82, 2.24) is 5.32 Å². The zero-order chi connectivity index (χ0) is 14.8. The minimum Gasteiger partial charge on any atom is -0.482 e. The summed E-state index contributed by atoms with van der Waals surface area (Å²) >= 11 is 0. The molecule has 1 heterocycles. The number of aliphatic hydroxyl groups excluding tert-OH is 1. The van der Waals surface area contributed by atoms with E-state index in [-0.39, 0.29) is 12.5 Å². The van der Waals surface area contributed by atoms with Crippen molar-refractivity contribution in [3.05, 3.63) is 24.3 Å². The number of carbonyl (C=O) groups is 1. The maximum absolute atomic E-state index is 12.1. The first-order valence-electron chi connectivity index (χ1n) is 6.46. The van der Waals surface area contributed by atoms with Crippen LogP contribution in [0.1, 0.15) is 13.8 Å². The molecule has 0 bridgehead atoms. The Bertz CT molecular complexity index is 488. The van der Waals surface area contributed by atoms with Crippen LogP contribution >= 0.6 is 0 Å². The topological polar surface area (TPSA) is 88.0 Å². The molecule has 6 heteroatoms. The lowest BCUT2D eigenvalue weighted by Crippen LogP contribution is -2.52. The quantitative estimate of drug-likeness (QED) is 0.727. The normalized spacial score (nSPS) is 23.8. The molecule has 1 amide bonds. The number of benzene rings is 1. The number of rotatable bonds is 4. The van der Waals surface area contributed by atoms with Crippen LogP contribution in [0.3, 0.4) is 0 Å². The fourth-order valence-electron chi connectivity index (χ4n) is 1.84. The Hall–Kier alpha value is -1.79. The van der Waals surface area contributed by atoms with Crippen LogP contribution in [0, 0.1) is 0 Å². The first kappa shape index (κ1) is 14.6. The lowest BCUT2D eigenvalue weighted by molar-refractivity contribution is -0.134. The largest absolute Gasteiger partial charge is 0.482 e. The smallest absolute Gasteiger partial charge is 0.265 e. The van der Waals surface area contributed by atoms with E-state index in [2.05, 4.69) is 5.32 Å². The zero-order valence-corrected chi connectivity index (χ0v) is 11.5. The van der Waals surface area contributed by atoms with Gasteiger partial charge in [-0.05, 0) is 26.0 Å². The molecule has 1 aromatic rings. The van der Waals surface area contributed by atoms with Crippen LogP contribution in [0.5, 0.6) is 11.5 Å². The van der Waals surface area contributed by atoms with Gasteiger partial charge in [-0.1, -0.05) is 12.1 Å². The van der Waals surface area contributed by atoms with Crippen molar-refractivity contribution in [3.8, 4) is 11.5 Å². The van der Waals surface area contributed by atoms with Gasteiger partial charge in [0.2, 0.25) is 6.10 Å². The van der Waals surface area contributed by atoms with Crippen molar-refractivity contribution in [2.45, 2.75) is 31.7 Å². The minimum absolute atomic E-state index is 0.0590. The SMILES string of the molecule is CC1Oc2ccccc2OC1C(=O)NCC(C)(O)CO. The molecular weight excluding hydrogens is 262 g/mol. The van der Waals surface area contributed by atoms with Crippen LogP contribution in [0.15, 0.2) is 24.3 Å². The lowest BCUT2D eigenvalue weighted by atomic mass is 10.1. The van der Waals surface area contributed by atoms with Crippen LogP contribution in [0.2, 0.25) is 0 Å². The van der Waals surface area contributed by atoms with Gasteiger partial charge in [-0.3, -0.25) is 4.79 Å². The van der Waals surface area contributed by atoms with E-state index in [1.807, 2.05) is 6.07 Å². The highest BCUT2D eigenvalue weighted by Crippen LogP contribution is 2.33. The summed E-state index contributed by atoms with van der Waals surface area (Å²) in [5.41, 5.74) is -1.35. The molecule has 0 saturated carbocycles. The van der Waals surface area contributed by atoms with Crippen LogP contribution in [-0.2, 0) is 4.79 Å². The summed E-state index contributed by atoms with van der Waals surface area (Å²) in [6, 6.07) is 7.12. The maximum Gasteiger partial charge on any atom is 0.265 e. The first-order valence-corrected chi connectivity index (χ1v) is 6.46. The Morgan fingerprint density at radius 3 is 2.55 bits per heavy atom. The van der Waals surface area contributed by atoms with Gasteiger partial charge in [0.25, 0.3) is 5.91 Å². The van der Waals surface area contributed by atoms with E-state index in [4.69, 9.17) is 14.6 Å². The molecule has 0 saturated heterocycles. The van der Waals surface area contributed by atoms with Gasteiger partial charge in [0, 0.05) is 6.54 Å². The molecule has 3 N–H and O–H groups in total. The van der Waals surface area contributed by atoms with E-state index in [0.717, 1.165) is 0 Å². The molecule has 1 aliphatic heterocycles. The predicted octanol–water partition coefficient (Wildman–Crippen LogP) is 0.0744. The van der Waals surface area contributed by atoms with Gasteiger partial charge in [0.1, 0.15) is 11.7 Å². The van der Waals surface area contributed by atoms with Crippen molar-refractivity contribution in [2.24, 2.45) is 0 Å². The van der Waals surface area contributed by atoms with Crippen LogP contribution in [0.25, 0.3) is 0 Å². The van der Waals surface area contributed by atoms with E-state index in [1.54, 1.807) is 25.1 Å². The maximum atomic E-state index is 12.1. The van der Waals surface area contributed by atoms with Crippen LogP contribution in [-0.4, -0.2) is 47.1 Å². The fraction of sp³-hybridized carbons (Fsp3) is 0.500. The van der Waals surface area contributed by atoms with Gasteiger partial charge >= 0.3 is 0 Å². The summed E-state index contributed by atoms with van der Waals surface area (Å²) in [7, 11) is 0. The molecular formula is C14H19NO5. The van der Waals surface area contributed by atoms with E-state index in [9.17, 15) is 9.90 Å². The molecule has 1 aliphatic rings. The highest BCUT2D eigenvalue weighted by Gasteiger charge is 2.34. The molecule has 6 nitrogen and oxygen atoms in total. The molecule has 110 valence electrons. The van der Waals surface area contributed by atoms with Gasteiger partial charge < -0.3 is 25.0 Å². The number of fused-ring (bicyclic) bond motifs is 1. The third-order valence-corrected chi connectivity index (χ3v) is 3.08. The molecule has 3 atom stereocenters. The number of hydrogen-bond donors (Lipinski definition) is 3. The molecule has 0 fully saturated rings. The third-order valence-electron chi connectivity index (χ3n) is 3.08. The average Bonchev–Trinajstić information content (AvgIpc) is 2.44. The summed E-state index contributed by atoms with van der Waals surface area (Å²) in [4.78, 5) is 12.1. The molecule has 0 spiro atoms. The van der Waals surface area contributed by atoms with E-state index in [1.165, 1.54) is 6.92 Å². The van der Waals surface area contributed by atoms with Gasteiger partial charge in [0.15, 0.2) is 11.5 Å². The first-order chi connectivity index (χ1) is 9.43. The minimum atomic E-state index is -1.35. The van der Waals surface area contributed by atoms with Crippen molar-refractivity contribution in [1.29, 1.82) is 0 Å². The highest BCUT2D eigenvalue weighted by molar-refractivity contribution is 5.82. The Morgan fingerprint density at radius 2 is 1.95 bits per heavy atom. The number of amides is 1. The number of nitrogens with one attached hydrogen (secondary N) is 1. The Labute approximate surface area is 117 Å². The van der Waals surface area contributed by atoms with Crippen molar-refractivity contribution in [3.63, 3.8) is 0 Å². The summed E-state index contributed by atoms with van der Waals surface area (Å²) in [6.07, 6.45) is -1.23. The summed E-state index contributed by atoms with van der Waals surface area (Å²) in [5.74, 6) is 0.729. The number of hydrogen-bond acceptors (Lipinski definition) is 5. The highest BCUT2D eigenvalue weighted by atomic mass is 16.6. The summed E-state index contributed by atoms with van der Waals surface area (Å²) < 4.78 is 11.2. The van der Waals surface area contributed by atoms with Gasteiger partial charge in [-0.2, -0.15) is 0 Å². The number of carbonyl (C=O) groups excluding carboxylic acids is 1. The monoisotopic (exact) mass is 281 g/mol. The second kappa shape index (κ2) is 5.68. The summed E-state index contributed by atoms with van der Waals surface area (Å²) in [6.45, 7) is 2.68. The molecule has 20 heavy (non-hydrogen) atoms. The van der Waals surface area contributed by atoms with E-state index in [0.29, 0.717) is 11.5 Å². The molecule has 3 unspecified atom stereocenters. The van der Waals surface area contributed by atoms with Crippen molar-refractivity contribution < 1.29 is 24.5 Å². The Morgan fingerprint density at radius 1 is 1.35 bits per heavy atom. The lowest BCUT2D eigenvalue weighted by Gasteiger charge is -2.31.